The van der Waals surface area contributed by atoms with Crippen LogP contribution in [0.15, 0.2) is 83.4 Å². The number of aryl methyl sites for hydroxylation is 1. The van der Waals surface area contributed by atoms with E-state index in [1.807, 2.05) is 85.8 Å². The van der Waals surface area contributed by atoms with Gasteiger partial charge in [0.1, 0.15) is 17.5 Å². The molecule has 1 atom stereocenters. The summed E-state index contributed by atoms with van der Waals surface area (Å²) in [4.78, 5) is 24.2. The largest absolute Gasteiger partial charge is 0.481 e. The molecule has 7 nitrogen and oxygen atoms in total. The first-order chi connectivity index (χ1) is 17.4. The number of hydrogen-bond donors (Lipinski definition) is 2. The zero-order chi connectivity index (χ0) is 25.3. The number of aliphatic carboxylic acids is 1. The Morgan fingerprint density at radius 3 is 2.11 bits per heavy atom. The molecule has 1 aliphatic rings. The molecule has 0 bridgehead atoms. The molecular formula is C29H26N2O5. The van der Waals surface area contributed by atoms with Gasteiger partial charge in [-0.05, 0) is 48.9 Å². The summed E-state index contributed by atoms with van der Waals surface area (Å²) in [5.41, 5.74) is 4.75. The molecule has 3 aromatic carbocycles. The Hall–Kier alpha value is -4.39. The van der Waals surface area contributed by atoms with E-state index >= 15 is 0 Å². The zero-order valence-corrected chi connectivity index (χ0v) is 20.0. The SMILES string of the molecule is Cc1onc(-c2ccc(-c3ccc(C4(C(=O)O)CC4)cc3)cc2)c1NC(=O)O[C@@H](C)c1ccccc1. The standard InChI is InChI=1S/C29H26N2O5/c1-18(20-6-4-3-5-7-20)35-28(34)30-25-19(2)36-31-26(25)23-10-8-21(9-11-23)22-12-14-24(15-13-22)29(16-17-29)27(32)33/h3-15,18H,16-17H2,1-2H3,(H,30,34)(H,32,33)/t18-/m0/s1. The molecule has 182 valence electrons. The van der Waals surface area contributed by atoms with Gasteiger partial charge in [0.2, 0.25) is 0 Å². The Morgan fingerprint density at radius 2 is 1.53 bits per heavy atom. The molecule has 0 unspecified atom stereocenters. The molecule has 2 N–H and O–H groups in total. The van der Waals surface area contributed by atoms with Crippen molar-refractivity contribution < 1.29 is 24.0 Å². The van der Waals surface area contributed by atoms with E-state index in [9.17, 15) is 14.7 Å². The van der Waals surface area contributed by atoms with E-state index < -0.39 is 23.6 Å². The van der Waals surface area contributed by atoms with Gasteiger partial charge in [-0.2, -0.15) is 0 Å². The molecule has 1 aliphatic carbocycles. The number of benzene rings is 3. The lowest BCUT2D eigenvalue weighted by molar-refractivity contribution is -0.140. The van der Waals surface area contributed by atoms with Crippen molar-refractivity contribution in [3.05, 3.63) is 95.7 Å². The number of rotatable bonds is 7. The van der Waals surface area contributed by atoms with Crippen molar-refractivity contribution in [2.45, 2.75) is 38.2 Å². The van der Waals surface area contributed by atoms with Crippen LogP contribution in [0, 0.1) is 6.92 Å². The molecule has 1 aromatic heterocycles. The minimum atomic E-state index is -0.759. The van der Waals surface area contributed by atoms with E-state index in [0.717, 1.165) is 27.8 Å². The number of carboxylic acids is 1. The van der Waals surface area contributed by atoms with Crippen LogP contribution in [0.2, 0.25) is 0 Å². The maximum Gasteiger partial charge on any atom is 0.412 e. The molecule has 1 heterocycles. The molecule has 1 fully saturated rings. The lowest BCUT2D eigenvalue weighted by Gasteiger charge is -2.14. The van der Waals surface area contributed by atoms with Gasteiger partial charge in [0.05, 0.1) is 5.41 Å². The van der Waals surface area contributed by atoms with Gasteiger partial charge in [-0.3, -0.25) is 10.1 Å². The predicted octanol–water partition coefficient (Wildman–Crippen LogP) is 6.74. The van der Waals surface area contributed by atoms with E-state index in [2.05, 4.69) is 10.5 Å². The van der Waals surface area contributed by atoms with Gasteiger partial charge in [-0.15, -0.1) is 0 Å². The lowest BCUT2D eigenvalue weighted by atomic mass is 9.93. The van der Waals surface area contributed by atoms with Gasteiger partial charge >= 0.3 is 12.1 Å². The predicted molar refractivity (Wildman–Crippen MR) is 136 cm³/mol. The second kappa shape index (κ2) is 9.34. The Balaban J connectivity index is 1.30. The summed E-state index contributed by atoms with van der Waals surface area (Å²) in [7, 11) is 0. The molecule has 5 rings (SSSR count). The zero-order valence-electron chi connectivity index (χ0n) is 20.0. The molecule has 0 aliphatic heterocycles. The van der Waals surface area contributed by atoms with Gasteiger partial charge < -0.3 is 14.4 Å². The smallest absolute Gasteiger partial charge is 0.412 e. The van der Waals surface area contributed by atoms with Gasteiger partial charge in [-0.25, -0.2) is 4.79 Å². The van der Waals surface area contributed by atoms with Crippen molar-refractivity contribution in [1.82, 2.24) is 5.16 Å². The van der Waals surface area contributed by atoms with Gasteiger partial charge in [0.15, 0.2) is 5.76 Å². The van der Waals surface area contributed by atoms with Crippen LogP contribution in [-0.2, 0) is 14.9 Å². The van der Waals surface area contributed by atoms with E-state index in [1.54, 1.807) is 6.92 Å². The molecule has 7 heteroatoms. The third kappa shape index (κ3) is 4.47. The third-order valence-electron chi connectivity index (χ3n) is 6.73. The quantitative estimate of drug-likeness (QED) is 0.302. The first-order valence-electron chi connectivity index (χ1n) is 11.8. The maximum atomic E-state index is 12.6. The van der Waals surface area contributed by atoms with E-state index in [4.69, 9.17) is 9.26 Å². The normalized spacial score (nSPS) is 14.6. The first kappa shape index (κ1) is 23.4. The fraction of sp³-hybridized carbons (Fsp3) is 0.207. The average Bonchev–Trinajstić information content (AvgIpc) is 3.64. The number of ether oxygens (including phenoxy) is 1. The maximum absolute atomic E-state index is 12.6. The van der Waals surface area contributed by atoms with Gasteiger partial charge in [0.25, 0.3) is 0 Å². The molecule has 0 radical (unpaired) electrons. The molecule has 1 saturated carbocycles. The third-order valence-corrected chi connectivity index (χ3v) is 6.73. The van der Waals surface area contributed by atoms with Crippen molar-refractivity contribution in [2.75, 3.05) is 5.32 Å². The van der Waals surface area contributed by atoms with Crippen LogP contribution < -0.4 is 5.32 Å². The van der Waals surface area contributed by atoms with Crippen LogP contribution >= 0.6 is 0 Å². The summed E-state index contributed by atoms with van der Waals surface area (Å²) in [6, 6.07) is 24.9. The minimum absolute atomic E-state index is 0.411. The van der Waals surface area contributed by atoms with E-state index in [0.29, 0.717) is 30.0 Å². The summed E-state index contributed by atoms with van der Waals surface area (Å²) < 4.78 is 10.9. The highest BCUT2D eigenvalue weighted by atomic mass is 16.6. The Labute approximate surface area is 208 Å². The van der Waals surface area contributed by atoms with Crippen LogP contribution in [0.25, 0.3) is 22.4 Å². The lowest BCUT2D eigenvalue weighted by Crippen LogP contribution is -2.19. The van der Waals surface area contributed by atoms with Gasteiger partial charge in [0, 0.05) is 5.56 Å². The first-order valence-corrected chi connectivity index (χ1v) is 11.8. The summed E-state index contributed by atoms with van der Waals surface area (Å²) in [5, 5.41) is 16.4. The van der Waals surface area contributed by atoms with Crippen LogP contribution in [0.5, 0.6) is 0 Å². The number of anilines is 1. The number of nitrogens with one attached hydrogen (secondary N) is 1. The van der Waals surface area contributed by atoms with Gasteiger partial charge in [-0.1, -0.05) is 84.0 Å². The average molecular weight is 483 g/mol. The summed E-state index contributed by atoms with van der Waals surface area (Å²) in [6.07, 6.45) is 0.363. The van der Waals surface area contributed by atoms with Crippen molar-refractivity contribution in [2.24, 2.45) is 0 Å². The molecule has 36 heavy (non-hydrogen) atoms. The highest BCUT2D eigenvalue weighted by Crippen LogP contribution is 2.48. The number of carbonyl (C=O) groups is 2. The molecule has 0 saturated heterocycles. The van der Waals surface area contributed by atoms with Crippen LogP contribution in [-0.4, -0.2) is 22.3 Å². The number of carboxylic acid groups (broad SMARTS) is 1. The van der Waals surface area contributed by atoms with E-state index in [-0.39, 0.29) is 0 Å². The number of nitrogens with zero attached hydrogens (tertiary/aromatic N) is 1. The number of amides is 1. The number of carbonyl (C=O) groups excluding carboxylic acids is 1. The highest BCUT2D eigenvalue weighted by molar-refractivity contribution is 5.91. The summed E-state index contributed by atoms with van der Waals surface area (Å²) in [5.74, 6) is -0.285. The topological polar surface area (TPSA) is 102 Å². The Bertz CT molecular complexity index is 1390. The number of aromatic nitrogens is 1. The number of hydrogen-bond acceptors (Lipinski definition) is 5. The van der Waals surface area contributed by atoms with Crippen molar-refractivity contribution in [3.8, 4) is 22.4 Å². The van der Waals surface area contributed by atoms with Crippen LogP contribution in [0.3, 0.4) is 0 Å². The molecular weight excluding hydrogens is 456 g/mol. The second-order valence-corrected chi connectivity index (χ2v) is 9.09. The van der Waals surface area contributed by atoms with Crippen molar-refractivity contribution in [1.29, 1.82) is 0 Å². The Morgan fingerprint density at radius 1 is 0.944 bits per heavy atom. The molecule has 0 spiro atoms. The Kier molecular flexibility index (Phi) is 6.06. The monoisotopic (exact) mass is 482 g/mol. The summed E-state index contributed by atoms with van der Waals surface area (Å²) in [6.45, 7) is 3.54. The van der Waals surface area contributed by atoms with Crippen molar-refractivity contribution >= 4 is 17.7 Å². The fourth-order valence-electron chi connectivity index (χ4n) is 4.35. The highest BCUT2D eigenvalue weighted by Gasteiger charge is 2.51. The second-order valence-electron chi connectivity index (χ2n) is 9.09. The summed E-state index contributed by atoms with van der Waals surface area (Å²) >= 11 is 0. The van der Waals surface area contributed by atoms with Crippen LogP contribution in [0.1, 0.15) is 42.8 Å². The minimum Gasteiger partial charge on any atom is -0.481 e. The fourth-order valence-corrected chi connectivity index (χ4v) is 4.35. The van der Waals surface area contributed by atoms with E-state index in [1.165, 1.54) is 0 Å². The molecule has 4 aromatic rings. The van der Waals surface area contributed by atoms with Crippen molar-refractivity contribution in [3.63, 3.8) is 0 Å². The van der Waals surface area contributed by atoms with Crippen LogP contribution in [0.4, 0.5) is 10.5 Å². The molecule has 1 amide bonds.